The summed E-state index contributed by atoms with van der Waals surface area (Å²) in [5, 5.41) is 11.4. The molecule has 17 heavy (non-hydrogen) atoms. The van der Waals surface area contributed by atoms with Crippen molar-refractivity contribution in [2.45, 2.75) is 71.9 Å². The topological polar surface area (TPSA) is 39.1 Å². The highest BCUT2D eigenvalue weighted by Gasteiger charge is 2.24. The molecule has 1 fully saturated rings. The van der Waals surface area contributed by atoms with Gasteiger partial charge < -0.3 is 0 Å². The van der Waals surface area contributed by atoms with E-state index in [1.54, 1.807) is 0 Å². The van der Waals surface area contributed by atoms with Crippen LogP contribution in [-0.4, -0.2) is 23.6 Å². The third-order valence-corrected chi connectivity index (χ3v) is 3.77. The summed E-state index contributed by atoms with van der Waals surface area (Å²) in [6, 6.07) is 3.64. The Morgan fingerprint density at radius 3 is 2.41 bits per heavy atom. The maximum absolute atomic E-state index is 8.95. The van der Waals surface area contributed by atoms with E-state index in [0.717, 1.165) is 19.4 Å². The molecule has 1 rings (SSSR count). The fourth-order valence-electron chi connectivity index (χ4n) is 2.53. The predicted octanol–water partition coefficient (Wildman–Crippen LogP) is 3.08. The highest BCUT2D eigenvalue weighted by molar-refractivity contribution is 4.91. The van der Waals surface area contributed by atoms with E-state index >= 15 is 0 Å². The average Bonchev–Trinajstić information content (AvgIpc) is 2.27. The first-order valence-electron chi connectivity index (χ1n) is 6.89. The van der Waals surface area contributed by atoms with Gasteiger partial charge in [-0.05, 0) is 53.4 Å². The molecule has 1 N–H and O–H groups in total. The van der Waals surface area contributed by atoms with Crippen molar-refractivity contribution in [3.05, 3.63) is 0 Å². The molecule has 98 valence electrons. The van der Waals surface area contributed by atoms with Crippen LogP contribution in [0.1, 0.15) is 59.8 Å². The first kappa shape index (κ1) is 14.5. The van der Waals surface area contributed by atoms with E-state index in [2.05, 4.69) is 30.4 Å². The minimum atomic E-state index is -0.180. The first-order valence-corrected chi connectivity index (χ1v) is 6.89. The van der Waals surface area contributed by atoms with Crippen molar-refractivity contribution in [2.24, 2.45) is 5.41 Å². The summed E-state index contributed by atoms with van der Waals surface area (Å²) < 4.78 is 0. The number of hydrogen-bond donors (Lipinski definition) is 1. The van der Waals surface area contributed by atoms with Gasteiger partial charge in [-0.15, -0.1) is 0 Å². The minimum absolute atomic E-state index is 0.180. The van der Waals surface area contributed by atoms with Crippen LogP contribution in [0.5, 0.6) is 0 Å². The van der Waals surface area contributed by atoms with Crippen molar-refractivity contribution < 1.29 is 0 Å². The van der Waals surface area contributed by atoms with Crippen molar-refractivity contribution >= 4 is 0 Å². The van der Waals surface area contributed by atoms with Crippen molar-refractivity contribution in [2.75, 3.05) is 6.54 Å². The molecule has 0 aromatic heterocycles. The van der Waals surface area contributed by atoms with Gasteiger partial charge in [0.05, 0.1) is 11.5 Å². The van der Waals surface area contributed by atoms with E-state index in [1.807, 2.05) is 13.8 Å². The lowest BCUT2D eigenvalue weighted by Crippen LogP contribution is -2.52. The zero-order chi connectivity index (χ0) is 12.9. The molecule has 0 aromatic rings. The number of nitrogens with zero attached hydrogens (tertiary/aromatic N) is 2. The van der Waals surface area contributed by atoms with Crippen LogP contribution in [0.4, 0.5) is 0 Å². The van der Waals surface area contributed by atoms with Crippen LogP contribution in [0.15, 0.2) is 0 Å². The number of hydrazine groups is 1. The lowest BCUT2D eigenvalue weighted by Gasteiger charge is -2.39. The number of rotatable bonds is 5. The molecule has 0 amide bonds. The maximum atomic E-state index is 8.95. The van der Waals surface area contributed by atoms with Gasteiger partial charge in [0, 0.05) is 18.6 Å². The van der Waals surface area contributed by atoms with Gasteiger partial charge in [0.1, 0.15) is 0 Å². The normalized spacial score (nSPS) is 26.8. The van der Waals surface area contributed by atoms with Crippen LogP contribution < -0.4 is 5.43 Å². The maximum Gasteiger partial charge on any atom is 0.0683 e. The molecule has 0 saturated carbocycles. The second-order valence-corrected chi connectivity index (χ2v) is 6.04. The Bertz CT molecular complexity index is 257. The Morgan fingerprint density at radius 1 is 1.29 bits per heavy atom. The van der Waals surface area contributed by atoms with Gasteiger partial charge >= 0.3 is 0 Å². The molecule has 0 spiro atoms. The molecule has 3 heteroatoms. The van der Waals surface area contributed by atoms with Gasteiger partial charge in [0.15, 0.2) is 0 Å². The molecule has 2 unspecified atom stereocenters. The molecular formula is C14H27N3. The molecule has 3 nitrogen and oxygen atoms in total. The fraction of sp³-hybridized carbons (Fsp3) is 0.929. The molecule has 0 bridgehead atoms. The highest BCUT2D eigenvalue weighted by atomic mass is 15.5. The van der Waals surface area contributed by atoms with Gasteiger partial charge in [0.2, 0.25) is 0 Å². The molecule has 1 heterocycles. The third-order valence-electron chi connectivity index (χ3n) is 3.77. The second kappa shape index (κ2) is 6.37. The van der Waals surface area contributed by atoms with Crippen molar-refractivity contribution in [1.29, 1.82) is 5.26 Å². The molecule has 0 radical (unpaired) electrons. The van der Waals surface area contributed by atoms with Crippen molar-refractivity contribution in [3.8, 4) is 6.07 Å². The largest absolute Gasteiger partial charge is 0.255 e. The molecule has 0 aromatic carbocycles. The standard InChI is InChI=1S/C14H27N3/c1-12-7-5-8-13(2)17(12)16-10-6-9-14(3,4)11-15/h12-13,16H,5-10H2,1-4H3. The van der Waals surface area contributed by atoms with Gasteiger partial charge in [-0.3, -0.25) is 5.43 Å². The summed E-state index contributed by atoms with van der Waals surface area (Å²) in [7, 11) is 0. The number of hydrogen-bond acceptors (Lipinski definition) is 3. The third kappa shape index (κ3) is 4.65. The number of nitrogens with one attached hydrogen (secondary N) is 1. The summed E-state index contributed by atoms with van der Waals surface area (Å²) in [5.74, 6) is 0. The van der Waals surface area contributed by atoms with Crippen LogP contribution in [0.3, 0.4) is 0 Å². The van der Waals surface area contributed by atoms with Crippen LogP contribution in [-0.2, 0) is 0 Å². The number of piperidine rings is 1. The van der Waals surface area contributed by atoms with Crippen molar-refractivity contribution in [1.82, 2.24) is 10.4 Å². The quantitative estimate of drug-likeness (QED) is 0.747. The Morgan fingerprint density at radius 2 is 1.88 bits per heavy atom. The van der Waals surface area contributed by atoms with Gasteiger partial charge in [0.25, 0.3) is 0 Å². The van der Waals surface area contributed by atoms with E-state index < -0.39 is 0 Å². The molecular weight excluding hydrogens is 210 g/mol. The molecule has 1 saturated heterocycles. The lowest BCUT2D eigenvalue weighted by atomic mass is 9.90. The zero-order valence-corrected chi connectivity index (χ0v) is 11.8. The summed E-state index contributed by atoms with van der Waals surface area (Å²) in [4.78, 5) is 0. The molecule has 1 aliphatic rings. The highest BCUT2D eigenvalue weighted by Crippen LogP contribution is 2.22. The number of nitriles is 1. The molecule has 2 atom stereocenters. The van der Waals surface area contributed by atoms with E-state index in [1.165, 1.54) is 19.3 Å². The van der Waals surface area contributed by atoms with Crippen LogP contribution in [0, 0.1) is 16.7 Å². The zero-order valence-electron chi connectivity index (χ0n) is 11.8. The summed E-state index contributed by atoms with van der Waals surface area (Å²) in [5.41, 5.74) is 3.36. The predicted molar refractivity (Wildman–Crippen MR) is 71.2 cm³/mol. The smallest absolute Gasteiger partial charge is 0.0683 e. The Kier molecular flexibility index (Phi) is 5.42. The molecule has 1 aliphatic heterocycles. The first-order chi connectivity index (χ1) is 7.96. The van der Waals surface area contributed by atoms with Gasteiger partial charge in [-0.1, -0.05) is 6.42 Å². The Labute approximate surface area is 106 Å². The SMILES string of the molecule is CC1CCCC(C)N1NCCCC(C)(C)C#N. The van der Waals surface area contributed by atoms with Gasteiger partial charge in [-0.2, -0.15) is 5.26 Å². The minimum Gasteiger partial charge on any atom is -0.255 e. The Hall–Kier alpha value is -0.590. The van der Waals surface area contributed by atoms with E-state index in [-0.39, 0.29) is 5.41 Å². The van der Waals surface area contributed by atoms with E-state index in [0.29, 0.717) is 12.1 Å². The van der Waals surface area contributed by atoms with Crippen LogP contribution >= 0.6 is 0 Å². The Balaban J connectivity index is 2.24. The van der Waals surface area contributed by atoms with Crippen molar-refractivity contribution in [3.63, 3.8) is 0 Å². The summed E-state index contributed by atoms with van der Waals surface area (Å²) in [6.45, 7) is 9.60. The monoisotopic (exact) mass is 237 g/mol. The van der Waals surface area contributed by atoms with Gasteiger partial charge in [-0.25, -0.2) is 5.01 Å². The fourth-order valence-corrected chi connectivity index (χ4v) is 2.53. The average molecular weight is 237 g/mol. The van der Waals surface area contributed by atoms with E-state index in [4.69, 9.17) is 5.26 Å². The lowest BCUT2D eigenvalue weighted by molar-refractivity contribution is 0.0453. The van der Waals surface area contributed by atoms with Crippen LogP contribution in [0.2, 0.25) is 0 Å². The summed E-state index contributed by atoms with van der Waals surface area (Å²) >= 11 is 0. The molecule has 0 aliphatic carbocycles. The summed E-state index contributed by atoms with van der Waals surface area (Å²) in [6.07, 6.45) is 5.97. The second-order valence-electron chi connectivity index (χ2n) is 6.04. The van der Waals surface area contributed by atoms with Crippen LogP contribution in [0.25, 0.3) is 0 Å². The van der Waals surface area contributed by atoms with E-state index in [9.17, 15) is 0 Å².